The Labute approximate surface area is 150 Å². The number of likely N-dealkylation sites (N-methyl/N-ethyl adjacent to an activating group) is 1. The van der Waals surface area contributed by atoms with Crippen LogP contribution in [0.5, 0.6) is 23.0 Å². The van der Waals surface area contributed by atoms with Crippen molar-refractivity contribution >= 4 is 0 Å². The average molecular weight is 341 g/mol. The maximum atomic E-state index is 8.42. The van der Waals surface area contributed by atoms with Crippen molar-refractivity contribution in [1.29, 1.82) is 0 Å². The number of quaternary nitrogens is 1. The molecule has 4 aliphatic rings. The monoisotopic (exact) mass is 341 g/mol. The van der Waals surface area contributed by atoms with E-state index in [1.54, 1.807) is 0 Å². The largest absolute Gasteiger partial charge is 0.454 e. The van der Waals surface area contributed by atoms with Gasteiger partial charge in [-0.05, 0) is 35.4 Å². The maximum absolute atomic E-state index is 8.42. The van der Waals surface area contributed by atoms with E-state index < -0.39 is 6.98 Å². The molecule has 0 fully saturated rings. The summed E-state index contributed by atoms with van der Waals surface area (Å²) in [6.45, 7) is -0.656. The van der Waals surface area contributed by atoms with Gasteiger partial charge in [-0.15, -0.1) is 0 Å². The van der Waals surface area contributed by atoms with E-state index in [1.807, 2.05) is 24.3 Å². The molecule has 0 radical (unpaired) electrons. The van der Waals surface area contributed by atoms with Crippen molar-refractivity contribution in [3.63, 3.8) is 0 Å². The smallest absolute Gasteiger partial charge is 0.231 e. The van der Waals surface area contributed by atoms with Crippen molar-refractivity contribution in [3.05, 3.63) is 46.5 Å². The summed E-state index contributed by atoms with van der Waals surface area (Å²) < 4.78 is 47.5. The Balaban J connectivity index is 1.53. The van der Waals surface area contributed by atoms with Gasteiger partial charge in [0.1, 0.15) is 12.6 Å². The van der Waals surface area contributed by atoms with Crippen LogP contribution in [0.4, 0.5) is 0 Å². The van der Waals surface area contributed by atoms with Gasteiger partial charge in [-0.2, -0.15) is 0 Å². The molecule has 2 aromatic rings. The van der Waals surface area contributed by atoms with Crippen molar-refractivity contribution in [3.8, 4) is 23.0 Å². The SMILES string of the molecule is [2H]C([2H])([2H])[N@@+]12CCc3cc4c(cc3[C@@H]1Cc1cc3c(cc1C2)OCO3)OCO4. The van der Waals surface area contributed by atoms with E-state index in [-0.39, 0.29) is 24.1 Å². The Hall–Kier alpha value is -2.40. The predicted octanol–water partition coefficient (Wildman–Crippen LogP) is 2.94. The van der Waals surface area contributed by atoms with Gasteiger partial charge in [0.2, 0.25) is 13.6 Å². The van der Waals surface area contributed by atoms with Crippen LogP contribution in [0.3, 0.4) is 0 Å². The summed E-state index contributed by atoms with van der Waals surface area (Å²) in [5.41, 5.74) is 4.41. The first-order valence-corrected chi connectivity index (χ1v) is 8.65. The fourth-order valence-electron chi connectivity index (χ4n) is 4.62. The molecule has 0 N–H and O–H groups in total. The van der Waals surface area contributed by atoms with Crippen LogP contribution in [-0.2, 0) is 19.4 Å². The first-order chi connectivity index (χ1) is 13.4. The van der Waals surface area contributed by atoms with Gasteiger partial charge < -0.3 is 23.4 Å². The molecule has 5 heteroatoms. The molecule has 4 aliphatic heterocycles. The Morgan fingerprint density at radius 2 is 1.52 bits per heavy atom. The molecular weight excluding hydrogens is 318 g/mol. The van der Waals surface area contributed by atoms with Crippen LogP contribution in [0.2, 0.25) is 0 Å². The van der Waals surface area contributed by atoms with Gasteiger partial charge in [0.15, 0.2) is 23.0 Å². The number of ether oxygens (including phenoxy) is 4. The lowest BCUT2D eigenvalue weighted by Crippen LogP contribution is -2.53. The summed E-state index contributed by atoms with van der Waals surface area (Å²) in [6.07, 6.45) is 1.36. The Morgan fingerprint density at radius 1 is 0.880 bits per heavy atom. The lowest BCUT2D eigenvalue weighted by Gasteiger charge is -2.48. The van der Waals surface area contributed by atoms with Crippen molar-refractivity contribution in [2.75, 3.05) is 27.1 Å². The zero-order valence-corrected chi connectivity index (χ0v) is 13.7. The van der Waals surface area contributed by atoms with E-state index in [1.165, 1.54) is 0 Å². The molecule has 25 heavy (non-hydrogen) atoms. The number of rotatable bonds is 0. The summed E-state index contributed by atoms with van der Waals surface area (Å²) in [4.78, 5) is 0. The topological polar surface area (TPSA) is 36.9 Å². The Bertz CT molecular complexity index is 1010. The van der Waals surface area contributed by atoms with E-state index in [2.05, 4.69) is 0 Å². The standard InChI is InChI=1S/C20H20NO4/c1-21-3-2-12-5-17-20(25-11-22-17)8-15(12)16(21)4-13-6-18-19(24-10-23-18)7-14(13)9-21/h5-8,16H,2-4,9-11H2,1H3/q+1/t16-,21-/m0/s1/i1D3. The fraction of sp³-hybridized carbons (Fsp3) is 0.400. The first-order valence-electron chi connectivity index (χ1n) is 10.2. The highest BCUT2D eigenvalue weighted by atomic mass is 16.7. The van der Waals surface area contributed by atoms with Crippen LogP contribution >= 0.6 is 0 Å². The number of benzene rings is 2. The quantitative estimate of drug-likeness (QED) is 0.691. The molecule has 0 unspecified atom stereocenters. The highest BCUT2D eigenvalue weighted by Gasteiger charge is 2.44. The van der Waals surface area contributed by atoms with Crippen molar-refractivity contribution in [1.82, 2.24) is 0 Å². The summed E-state index contributed by atoms with van der Waals surface area (Å²) >= 11 is 0. The molecule has 6 rings (SSSR count). The molecule has 0 spiro atoms. The molecular formula is C20H20NO4+. The second-order valence-corrected chi connectivity index (χ2v) is 7.26. The molecule has 0 aromatic heterocycles. The Morgan fingerprint density at radius 3 is 2.24 bits per heavy atom. The van der Waals surface area contributed by atoms with E-state index in [0.717, 1.165) is 33.8 Å². The minimum Gasteiger partial charge on any atom is -0.454 e. The van der Waals surface area contributed by atoms with Gasteiger partial charge in [0.05, 0.1) is 17.6 Å². The lowest BCUT2D eigenvalue weighted by atomic mass is 9.81. The van der Waals surface area contributed by atoms with Crippen molar-refractivity contribution < 1.29 is 27.5 Å². The number of hydrogen-bond donors (Lipinski definition) is 0. The van der Waals surface area contributed by atoms with Crippen LogP contribution in [0.15, 0.2) is 24.3 Å². The predicted molar refractivity (Wildman–Crippen MR) is 90.0 cm³/mol. The molecule has 0 aliphatic carbocycles. The molecule has 5 nitrogen and oxygen atoms in total. The molecule has 4 heterocycles. The van der Waals surface area contributed by atoms with Crippen LogP contribution in [0.25, 0.3) is 0 Å². The van der Waals surface area contributed by atoms with Crippen molar-refractivity contribution in [2.45, 2.75) is 25.4 Å². The normalized spacial score (nSPS) is 29.8. The number of fused-ring (bicyclic) bond motifs is 6. The average Bonchev–Trinajstić information content (AvgIpc) is 3.30. The second kappa shape index (κ2) is 4.61. The van der Waals surface area contributed by atoms with Crippen LogP contribution in [-0.4, -0.2) is 31.6 Å². The summed E-state index contributed by atoms with van der Waals surface area (Å²) in [7, 11) is 0. The molecule has 0 amide bonds. The van der Waals surface area contributed by atoms with Gasteiger partial charge in [-0.1, -0.05) is 0 Å². The maximum Gasteiger partial charge on any atom is 0.231 e. The van der Waals surface area contributed by atoms with E-state index in [0.29, 0.717) is 37.4 Å². The summed E-state index contributed by atoms with van der Waals surface area (Å²) in [5, 5.41) is 0. The van der Waals surface area contributed by atoms with Gasteiger partial charge in [-0.3, -0.25) is 0 Å². The van der Waals surface area contributed by atoms with E-state index >= 15 is 0 Å². The van der Waals surface area contributed by atoms with E-state index in [4.69, 9.17) is 23.1 Å². The fourth-order valence-corrected chi connectivity index (χ4v) is 4.62. The molecule has 128 valence electrons. The van der Waals surface area contributed by atoms with Gasteiger partial charge in [-0.25, -0.2) is 0 Å². The third kappa shape index (κ3) is 1.87. The van der Waals surface area contributed by atoms with Crippen LogP contribution in [0, 0.1) is 0 Å². The molecule has 0 saturated carbocycles. The molecule has 2 atom stereocenters. The Kier molecular flexibility index (Phi) is 2.08. The summed E-state index contributed by atoms with van der Waals surface area (Å²) in [6, 6.07) is 7.86. The number of hydrogen-bond acceptors (Lipinski definition) is 4. The highest BCUT2D eigenvalue weighted by Crippen LogP contribution is 2.48. The van der Waals surface area contributed by atoms with Crippen LogP contribution < -0.4 is 18.9 Å². The second-order valence-electron chi connectivity index (χ2n) is 7.26. The van der Waals surface area contributed by atoms with Gasteiger partial charge in [0.25, 0.3) is 0 Å². The molecule has 0 bridgehead atoms. The minimum atomic E-state index is -2.12. The van der Waals surface area contributed by atoms with Crippen molar-refractivity contribution in [2.24, 2.45) is 0 Å². The van der Waals surface area contributed by atoms with Gasteiger partial charge >= 0.3 is 0 Å². The first kappa shape index (κ1) is 11.3. The summed E-state index contributed by atoms with van der Waals surface area (Å²) in [5.74, 6) is 2.92. The lowest BCUT2D eigenvalue weighted by molar-refractivity contribution is -0.956. The minimum absolute atomic E-state index is 0.0618. The zero-order valence-electron chi connectivity index (χ0n) is 16.7. The molecule has 2 aromatic carbocycles. The number of nitrogens with zero attached hydrogens (tertiary/aromatic N) is 1. The van der Waals surface area contributed by atoms with Crippen LogP contribution in [0.1, 0.15) is 32.4 Å². The van der Waals surface area contributed by atoms with E-state index in [9.17, 15) is 0 Å². The zero-order chi connectivity index (χ0) is 19.1. The third-order valence-electron chi connectivity index (χ3n) is 5.93. The third-order valence-corrected chi connectivity index (χ3v) is 5.93. The molecule has 0 saturated heterocycles. The highest BCUT2D eigenvalue weighted by molar-refractivity contribution is 5.53. The van der Waals surface area contributed by atoms with Gasteiger partial charge in [0, 0.05) is 24.0 Å².